The highest BCUT2D eigenvalue weighted by Crippen LogP contribution is 2.12. The maximum Gasteiger partial charge on any atom is 0.118 e. The fraction of sp³-hybridized carbons (Fsp3) is 0.273. The lowest BCUT2D eigenvalue weighted by atomic mass is 10.2. The Morgan fingerprint density at radius 3 is 2.60 bits per heavy atom. The maximum absolute atomic E-state index is 8.21. The van der Waals surface area contributed by atoms with Crippen molar-refractivity contribution in [1.82, 2.24) is 0 Å². The lowest BCUT2D eigenvalue weighted by Gasteiger charge is -1.99. The van der Waals surface area contributed by atoms with E-state index >= 15 is 0 Å². The SMILES string of the molecule is COc1ccc(/C=C/C(C)N=[N+]=[N-])cc1. The second-order valence-electron chi connectivity index (χ2n) is 3.08. The van der Waals surface area contributed by atoms with Crippen molar-refractivity contribution in [3.8, 4) is 5.75 Å². The molecule has 15 heavy (non-hydrogen) atoms. The molecule has 1 aromatic carbocycles. The predicted molar refractivity (Wildman–Crippen MR) is 60.6 cm³/mol. The molecule has 1 rings (SSSR count). The lowest BCUT2D eigenvalue weighted by molar-refractivity contribution is 0.415. The highest BCUT2D eigenvalue weighted by Gasteiger charge is 1.92. The van der Waals surface area contributed by atoms with Gasteiger partial charge in [-0.25, -0.2) is 0 Å². The fourth-order valence-electron chi connectivity index (χ4n) is 1.09. The quantitative estimate of drug-likeness (QED) is 0.420. The zero-order chi connectivity index (χ0) is 11.1. The first-order valence-electron chi connectivity index (χ1n) is 4.62. The van der Waals surface area contributed by atoms with Gasteiger partial charge in [0, 0.05) is 4.91 Å². The summed E-state index contributed by atoms with van der Waals surface area (Å²) >= 11 is 0. The van der Waals surface area contributed by atoms with Gasteiger partial charge in [0.25, 0.3) is 0 Å². The van der Waals surface area contributed by atoms with Gasteiger partial charge >= 0.3 is 0 Å². The van der Waals surface area contributed by atoms with E-state index in [9.17, 15) is 0 Å². The molecular formula is C11H13N3O. The minimum Gasteiger partial charge on any atom is -0.497 e. The van der Waals surface area contributed by atoms with E-state index in [1.54, 1.807) is 7.11 Å². The summed E-state index contributed by atoms with van der Waals surface area (Å²) in [6.07, 6.45) is 3.76. The third-order valence-electron chi connectivity index (χ3n) is 1.92. The molecular weight excluding hydrogens is 190 g/mol. The van der Waals surface area contributed by atoms with Gasteiger partial charge < -0.3 is 4.74 Å². The predicted octanol–water partition coefficient (Wildman–Crippen LogP) is 3.41. The molecule has 0 heterocycles. The van der Waals surface area contributed by atoms with Crippen molar-refractivity contribution in [3.63, 3.8) is 0 Å². The summed E-state index contributed by atoms with van der Waals surface area (Å²) in [5, 5.41) is 3.54. The average molecular weight is 203 g/mol. The first-order chi connectivity index (χ1) is 7.26. The normalized spacial score (nSPS) is 12.1. The smallest absolute Gasteiger partial charge is 0.118 e. The van der Waals surface area contributed by atoms with E-state index in [4.69, 9.17) is 10.3 Å². The molecule has 0 bridgehead atoms. The van der Waals surface area contributed by atoms with Crippen LogP contribution < -0.4 is 4.74 Å². The number of azide groups is 1. The highest BCUT2D eigenvalue weighted by molar-refractivity contribution is 5.51. The summed E-state index contributed by atoms with van der Waals surface area (Å²) < 4.78 is 5.04. The number of rotatable bonds is 4. The van der Waals surface area contributed by atoms with Crippen LogP contribution in [0.3, 0.4) is 0 Å². The Morgan fingerprint density at radius 1 is 1.40 bits per heavy atom. The number of methoxy groups -OCH3 is 1. The Kier molecular flexibility index (Phi) is 4.26. The minimum atomic E-state index is -0.128. The number of hydrogen-bond donors (Lipinski definition) is 0. The van der Waals surface area contributed by atoms with Crippen molar-refractivity contribution in [2.24, 2.45) is 5.11 Å². The van der Waals surface area contributed by atoms with E-state index in [1.165, 1.54) is 0 Å². The van der Waals surface area contributed by atoms with Crippen molar-refractivity contribution in [1.29, 1.82) is 0 Å². The van der Waals surface area contributed by atoms with Crippen molar-refractivity contribution < 1.29 is 4.74 Å². The van der Waals surface area contributed by atoms with Crippen molar-refractivity contribution >= 4 is 6.08 Å². The monoisotopic (exact) mass is 203 g/mol. The van der Waals surface area contributed by atoms with Gasteiger partial charge in [0.2, 0.25) is 0 Å². The van der Waals surface area contributed by atoms with E-state index in [0.29, 0.717) is 0 Å². The van der Waals surface area contributed by atoms with Crippen LogP contribution in [0.15, 0.2) is 35.5 Å². The molecule has 78 valence electrons. The van der Waals surface area contributed by atoms with Crippen LogP contribution in [-0.2, 0) is 0 Å². The maximum atomic E-state index is 8.21. The Morgan fingerprint density at radius 2 is 2.07 bits per heavy atom. The molecule has 4 nitrogen and oxygen atoms in total. The molecule has 0 aromatic heterocycles. The van der Waals surface area contributed by atoms with Crippen molar-refractivity contribution in [2.45, 2.75) is 13.0 Å². The summed E-state index contributed by atoms with van der Waals surface area (Å²) in [5.41, 5.74) is 9.26. The van der Waals surface area contributed by atoms with Gasteiger partial charge in [0.15, 0.2) is 0 Å². The molecule has 1 atom stereocenters. The fourth-order valence-corrected chi connectivity index (χ4v) is 1.09. The van der Waals surface area contributed by atoms with Gasteiger partial charge in [-0.15, -0.1) is 0 Å². The Labute approximate surface area is 88.8 Å². The third-order valence-corrected chi connectivity index (χ3v) is 1.92. The Bertz CT molecular complexity index is 377. The zero-order valence-corrected chi connectivity index (χ0v) is 8.79. The van der Waals surface area contributed by atoms with Gasteiger partial charge in [-0.2, -0.15) is 0 Å². The van der Waals surface area contributed by atoms with Crippen LogP contribution in [0, 0.1) is 0 Å². The molecule has 0 aliphatic rings. The topological polar surface area (TPSA) is 58.0 Å². The standard InChI is InChI=1S/C11H13N3O/c1-9(13-14-12)3-4-10-5-7-11(15-2)8-6-10/h3-9H,1-2H3/b4-3+. The summed E-state index contributed by atoms with van der Waals surface area (Å²) in [6, 6.07) is 7.53. The highest BCUT2D eigenvalue weighted by atomic mass is 16.5. The van der Waals surface area contributed by atoms with E-state index in [1.807, 2.05) is 43.3 Å². The van der Waals surface area contributed by atoms with Crippen molar-refractivity contribution in [3.05, 3.63) is 46.3 Å². The van der Waals surface area contributed by atoms with Crippen LogP contribution in [0.1, 0.15) is 12.5 Å². The van der Waals surface area contributed by atoms with Crippen LogP contribution in [0.4, 0.5) is 0 Å². The molecule has 1 unspecified atom stereocenters. The molecule has 0 aliphatic heterocycles. The molecule has 4 heteroatoms. The molecule has 0 spiro atoms. The molecule has 0 saturated heterocycles. The van der Waals surface area contributed by atoms with Crippen LogP contribution in [0.2, 0.25) is 0 Å². The van der Waals surface area contributed by atoms with Gasteiger partial charge in [-0.1, -0.05) is 36.3 Å². The Balaban J connectivity index is 2.68. The van der Waals surface area contributed by atoms with Gasteiger partial charge in [-0.05, 0) is 23.2 Å². The molecule has 0 aliphatic carbocycles. The summed E-state index contributed by atoms with van der Waals surface area (Å²) in [6.45, 7) is 1.83. The van der Waals surface area contributed by atoms with Gasteiger partial charge in [-0.3, -0.25) is 0 Å². The first kappa shape index (κ1) is 11.1. The van der Waals surface area contributed by atoms with Crippen LogP contribution in [0.5, 0.6) is 5.75 Å². The van der Waals surface area contributed by atoms with Crippen LogP contribution in [0.25, 0.3) is 16.5 Å². The minimum absolute atomic E-state index is 0.128. The molecule has 0 fully saturated rings. The van der Waals surface area contributed by atoms with Crippen LogP contribution >= 0.6 is 0 Å². The number of hydrogen-bond acceptors (Lipinski definition) is 2. The zero-order valence-electron chi connectivity index (χ0n) is 8.79. The largest absolute Gasteiger partial charge is 0.497 e. The van der Waals surface area contributed by atoms with Gasteiger partial charge in [0.05, 0.1) is 13.2 Å². The average Bonchev–Trinajstić information content (AvgIpc) is 2.27. The number of ether oxygens (including phenoxy) is 1. The third kappa shape index (κ3) is 3.75. The van der Waals surface area contributed by atoms with E-state index in [-0.39, 0.29) is 6.04 Å². The molecule has 0 saturated carbocycles. The Hall–Kier alpha value is -1.93. The molecule has 0 N–H and O–H groups in total. The number of benzene rings is 1. The van der Waals surface area contributed by atoms with E-state index in [0.717, 1.165) is 11.3 Å². The van der Waals surface area contributed by atoms with E-state index in [2.05, 4.69) is 10.0 Å². The lowest BCUT2D eigenvalue weighted by Crippen LogP contribution is -1.88. The molecule has 0 amide bonds. The molecule has 0 radical (unpaired) electrons. The summed E-state index contributed by atoms with van der Waals surface area (Å²) in [5.74, 6) is 0.829. The van der Waals surface area contributed by atoms with E-state index < -0.39 is 0 Å². The first-order valence-corrected chi connectivity index (χ1v) is 4.62. The summed E-state index contributed by atoms with van der Waals surface area (Å²) in [4.78, 5) is 2.73. The van der Waals surface area contributed by atoms with Gasteiger partial charge in [0.1, 0.15) is 5.75 Å². The molecule has 1 aromatic rings. The van der Waals surface area contributed by atoms with Crippen LogP contribution in [-0.4, -0.2) is 13.2 Å². The van der Waals surface area contributed by atoms with Crippen molar-refractivity contribution in [2.75, 3.05) is 7.11 Å². The number of nitrogens with zero attached hydrogens (tertiary/aromatic N) is 3. The summed E-state index contributed by atoms with van der Waals surface area (Å²) in [7, 11) is 1.63. The second-order valence-corrected chi connectivity index (χ2v) is 3.08. The second kappa shape index (κ2) is 5.73.